The molecule has 4 amide bonds. The van der Waals surface area contributed by atoms with Crippen LogP contribution in [0.25, 0.3) is 0 Å². The highest BCUT2D eigenvalue weighted by molar-refractivity contribution is 7.80. The Morgan fingerprint density at radius 3 is 1.96 bits per heavy atom. The maximum Gasteiger partial charge on any atom is 0.407 e. The summed E-state index contributed by atoms with van der Waals surface area (Å²) in [7, 11) is 0. The number of rotatable bonds is 19. The number of carboxylic acid groups (broad SMARTS) is 1. The maximum atomic E-state index is 13.3. The smallest absolute Gasteiger partial charge is 0.407 e. The van der Waals surface area contributed by atoms with E-state index < -0.39 is 54.3 Å². The summed E-state index contributed by atoms with van der Waals surface area (Å²) < 4.78 is 10.9. The predicted octanol–water partition coefficient (Wildman–Crippen LogP) is 3.70. The summed E-state index contributed by atoms with van der Waals surface area (Å²) in [5.74, 6) is -1.47. The molecule has 0 bridgehead atoms. The molecular formula is C33H46N4O8S. The van der Waals surface area contributed by atoms with Gasteiger partial charge in [0.1, 0.15) is 29.6 Å². The molecule has 0 heterocycles. The van der Waals surface area contributed by atoms with E-state index in [1.54, 1.807) is 0 Å². The van der Waals surface area contributed by atoms with E-state index in [-0.39, 0.29) is 37.0 Å². The molecule has 0 unspecified atom stereocenters. The summed E-state index contributed by atoms with van der Waals surface area (Å²) in [5.41, 5.74) is 0.978. The third-order valence-corrected chi connectivity index (χ3v) is 6.94. The van der Waals surface area contributed by atoms with Gasteiger partial charge in [-0.05, 0) is 60.9 Å². The van der Waals surface area contributed by atoms with Gasteiger partial charge in [0.2, 0.25) is 17.7 Å². The zero-order chi connectivity index (χ0) is 34.1. The molecule has 13 heteroatoms. The standard InChI is InChI=1S/C33H46N4O8S/c1-21(2)18-27(35-31(41)26(14-15-29(38)39)37-33(43)44-19-22(3)4)32(42)36-28(20-46)30(40)34-17-16-23-10-12-25(13-11-23)45-24-8-6-5-7-9-24/h5-13,21-22,26-28,46H,14-20H2,1-4H3,(H,34,40)(H,35,41)(H,36,42)(H,37,43)(H,38,39)/t26-,27-,28-/m0/s1. The van der Waals surface area contributed by atoms with Crippen LogP contribution in [0.4, 0.5) is 4.79 Å². The molecule has 0 aliphatic carbocycles. The van der Waals surface area contributed by atoms with Crippen LogP contribution in [0.1, 0.15) is 52.5 Å². The number of nitrogens with one attached hydrogen (secondary N) is 4. The number of alkyl carbamates (subject to hydrolysis) is 1. The summed E-state index contributed by atoms with van der Waals surface area (Å²) in [4.78, 5) is 62.7. The number of ether oxygens (including phenoxy) is 2. The number of aliphatic carboxylic acids is 1. The second-order valence-corrected chi connectivity index (χ2v) is 12.0. The Labute approximate surface area is 275 Å². The lowest BCUT2D eigenvalue weighted by Gasteiger charge is -2.25. The number of carbonyl (C=O) groups excluding carboxylic acids is 4. The van der Waals surface area contributed by atoms with E-state index in [9.17, 15) is 24.0 Å². The number of para-hydroxylation sites is 1. The first-order valence-corrected chi connectivity index (χ1v) is 16.0. The van der Waals surface area contributed by atoms with Crippen LogP contribution in [0.5, 0.6) is 11.5 Å². The van der Waals surface area contributed by atoms with Crippen molar-refractivity contribution in [3.8, 4) is 11.5 Å². The van der Waals surface area contributed by atoms with Crippen LogP contribution in [0.2, 0.25) is 0 Å². The Morgan fingerprint density at radius 1 is 0.761 bits per heavy atom. The van der Waals surface area contributed by atoms with Crippen molar-refractivity contribution in [2.45, 2.75) is 71.5 Å². The Morgan fingerprint density at radius 2 is 1.37 bits per heavy atom. The second kappa shape index (κ2) is 20.0. The van der Waals surface area contributed by atoms with Crippen molar-refractivity contribution in [2.75, 3.05) is 18.9 Å². The Kier molecular flexibility index (Phi) is 16.5. The van der Waals surface area contributed by atoms with Crippen molar-refractivity contribution in [1.29, 1.82) is 0 Å². The molecule has 0 aliphatic rings. The van der Waals surface area contributed by atoms with Gasteiger partial charge in [-0.1, -0.05) is 58.0 Å². The molecular weight excluding hydrogens is 612 g/mol. The third kappa shape index (κ3) is 14.7. The van der Waals surface area contributed by atoms with Gasteiger partial charge in [-0.15, -0.1) is 0 Å². The first kappa shape index (κ1) is 37.9. The molecule has 2 aromatic carbocycles. The average Bonchev–Trinajstić information content (AvgIpc) is 3.01. The minimum absolute atomic E-state index is 0.00985. The van der Waals surface area contributed by atoms with E-state index in [1.807, 2.05) is 82.3 Å². The summed E-state index contributed by atoms with van der Waals surface area (Å²) in [6.45, 7) is 7.83. The molecule has 3 atom stereocenters. The normalized spacial score (nSPS) is 12.8. The fraction of sp³-hybridized carbons (Fsp3) is 0.485. The summed E-state index contributed by atoms with van der Waals surface area (Å²) in [6, 6.07) is 13.6. The molecule has 0 saturated heterocycles. The van der Waals surface area contributed by atoms with Crippen molar-refractivity contribution in [1.82, 2.24) is 21.3 Å². The van der Waals surface area contributed by atoms with E-state index in [0.717, 1.165) is 11.3 Å². The van der Waals surface area contributed by atoms with Gasteiger partial charge < -0.3 is 35.8 Å². The fourth-order valence-electron chi connectivity index (χ4n) is 4.21. The minimum Gasteiger partial charge on any atom is -0.481 e. The zero-order valence-electron chi connectivity index (χ0n) is 26.8. The van der Waals surface area contributed by atoms with Crippen LogP contribution in [-0.2, 0) is 30.3 Å². The second-order valence-electron chi connectivity index (χ2n) is 11.7. The Hall–Kier alpha value is -4.26. The van der Waals surface area contributed by atoms with Gasteiger partial charge in [0, 0.05) is 18.7 Å². The Bertz CT molecular complexity index is 1270. The van der Waals surface area contributed by atoms with E-state index in [2.05, 4.69) is 33.9 Å². The molecule has 2 aromatic rings. The lowest BCUT2D eigenvalue weighted by Crippen LogP contribution is -2.57. The van der Waals surface area contributed by atoms with E-state index in [4.69, 9.17) is 14.6 Å². The topological polar surface area (TPSA) is 172 Å². The van der Waals surface area contributed by atoms with Gasteiger partial charge >= 0.3 is 12.1 Å². The third-order valence-electron chi connectivity index (χ3n) is 6.57. The number of hydrogen-bond donors (Lipinski definition) is 6. The number of carboxylic acids is 1. The van der Waals surface area contributed by atoms with Crippen LogP contribution in [0, 0.1) is 11.8 Å². The minimum atomic E-state index is -1.25. The molecule has 0 aromatic heterocycles. The fourth-order valence-corrected chi connectivity index (χ4v) is 4.46. The van der Waals surface area contributed by atoms with E-state index >= 15 is 0 Å². The van der Waals surface area contributed by atoms with Gasteiger partial charge in [0.25, 0.3) is 0 Å². The largest absolute Gasteiger partial charge is 0.481 e. The highest BCUT2D eigenvalue weighted by Crippen LogP contribution is 2.21. The zero-order valence-corrected chi connectivity index (χ0v) is 27.7. The molecule has 0 saturated carbocycles. The highest BCUT2D eigenvalue weighted by Gasteiger charge is 2.30. The van der Waals surface area contributed by atoms with Gasteiger partial charge in [0.05, 0.1) is 6.61 Å². The highest BCUT2D eigenvalue weighted by atomic mass is 32.1. The number of benzene rings is 2. The molecule has 12 nitrogen and oxygen atoms in total. The summed E-state index contributed by atoms with van der Waals surface area (Å²) in [5, 5.41) is 19.6. The van der Waals surface area contributed by atoms with E-state index in [0.29, 0.717) is 18.7 Å². The predicted molar refractivity (Wildman–Crippen MR) is 177 cm³/mol. The van der Waals surface area contributed by atoms with Crippen LogP contribution in [0.3, 0.4) is 0 Å². The molecule has 0 fully saturated rings. The van der Waals surface area contributed by atoms with Crippen molar-refractivity contribution in [2.24, 2.45) is 11.8 Å². The van der Waals surface area contributed by atoms with Gasteiger partial charge in [-0.3, -0.25) is 19.2 Å². The number of amides is 4. The van der Waals surface area contributed by atoms with E-state index in [1.165, 1.54) is 0 Å². The lowest BCUT2D eigenvalue weighted by molar-refractivity contribution is -0.137. The molecule has 5 N–H and O–H groups in total. The molecule has 46 heavy (non-hydrogen) atoms. The van der Waals surface area contributed by atoms with Crippen molar-refractivity contribution in [3.05, 3.63) is 60.2 Å². The quantitative estimate of drug-likeness (QED) is 0.124. The maximum absolute atomic E-state index is 13.3. The van der Waals surface area contributed by atoms with Crippen LogP contribution < -0.4 is 26.0 Å². The van der Waals surface area contributed by atoms with Crippen LogP contribution >= 0.6 is 12.6 Å². The van der Waals surface area contributed by atoms with Gasteiger partial charge in [0.15, 0.2) is 0 Å². The Balaban J connectivity index is 1.96. The van der Waals surface area contributed by atoms with Crippen molar-refractivity contribution >= 4 is 42.4 Å². The number of carbonyl (C=O) groups is 5. The molecule has 2 rings (SSSR count). The number of thiol groups is 1. The van der Waals surface area contributed by atoms with Gasteiger partial charge in [-0.2, -0.15) is 12.6 Å². The molecule has 0 aliphatic heterocycles. The SMILES string of the molecule is CC(C)COC(=O)N[C@@H](CCC(=O)O)C(=O)N[C@@H](CC(C)C)C(=O)N[C@@H](CS)C(=O)NCCc1ccc(Oc2ccccc2)cc1. The van der Waals surface area contributed by atoms with Crippen molar-refractivity contribution in [3.63, 3.8) is 0 Å². The van der Waals surface area contributed by atoms with Crippen LogP contribution in [-0.4, -0.2) is 71.9 Å². The first-order valence-electron chi connectivity index (χ1n) is 15.3. The molecule has 0 radical (unpaired) electrons. The summed E-state index contributed by atoms with van der Waals surface area (Å²) >= 11 is 4.24. The number of hydrogen-bond acceptors (Lipinski definition) is 8. The van der Waals surface area contributed by atoms with Gasteiger partial charge in [-0.25, -0.2) is 4.79 Å². The van der Waals surface area contributed by atoms with Crippen molar-refractivity contribution < 1.29 is 38.6 Å². The average molecular weight is 659 g/mol. The van der Waals surface area contributed by atoms with Crippen LogP contribution in [0.15, 0.2) is 54.6 Å². The molecule has 0 spiro atoms. The molecule has 252 valence electrons. The summed E-state index contributed by atoms with van der Waals surface area (Å²) in [6.07, 6.45) is -0.699. The monoisotopic (exact) mass is 658 g/mol. The lowest BCUT2D eigenvalue weighted by atomic mass is 10.0. The first-order chi connectivity index (χ1) is 21.9.